The van der Waals surface area contributed by atoms with Gasteiger partial charge < -0.3 is 9.84 Å². The fraction of sp³-hybridized carbons (Fsp3) is 0.875. The molecule has 0 spiro atoms. The molecule has 5 nitrogen and oxygen atoms in total. The highest BCUT2D eigenvalue weighted by Gasteiger charge is 2.37. The van der Waals surface area contributed by atoms with Gasteiger partial charge in [-0.05, 0) is 12.3 Å². The Kier molecular flexibility index (Phi) is 3.49. The molecule has 6 heteroatoms. The zero-order valence-electron chi connectivity index (χ0n) is 7.97. The molecule has 0 aromatic heterocycles. The molecule has 0 saturated carbocycles. The number of ether oxygens (including phenoxy) is 1. The van der Waals surface area contributed by atoms with Crippen LogP contribution < -0.4 is 0 Å². The van der Waals surface area contributed by atoms with Crippen molar-refractivity contribution in [3.8, 4) is 0 Å². The summed E-state index contributed by atoms with van der Waals surface area (Å²) in [6.07, 6.45) is 0.433. The van der Waals surface area contributed by atoms with Gasteiger partial charge in [0.25, 0.3) is 0 Å². The Labute approximate surface area is 83.0 Å². The topological polar surface area (TPSA) is 80.7 Å². The van der Waals surface area contributed by atoms with Gasteiger partial charge in [-0.3, -0.25) is 4.79 Å². The van der Waals surface area contributed by atoms with E-state index in [2.05, 4.69) is 4.74 Å². The van der Waals surface area contributed by atoms with Crippen LogP contribution in [0.15, 0.2) is 0 Å². The van der Waals surface area contributed by atoms with E-state index in [0.717, 1.165) is 0 Å². The van der Waals surface area contributed by atoms with E-state index in [4.69, 9.17) is 5.11 Å². The minimum absolute atomic E-state index is 0.0205. The van der Waals surface area contributed by atoms with Crippen molar-refractivity contribution in [3.63, 3.8) is 0 Å². The maximum Gasteiger partial charge on any atom is 0.311 e. The van der Waals surface area contributed by atoms with E-state index in [9.17, 15) is 13.2 Å². The number of hydrogen-bond acceptors (Lipinski definition) is 5. The van der Waals surface area contributed by atoms with Crippen LogP contribution in [-0.4, -0.2) is 44.7 Å². The van der Waals surface area contributed by atoms with Crippen molar-refractivity contribution in [3.05, 3.63) is 0 Å². The largest absolute Gasteiger partial charge is 0.469 e. The maximum absolute atomic E-state index is 11.2. The molecule has 0 aliphatic carbocycles. The van der Waals surface area contributed by atoms with Crippen molar-refractivity contribution in [2.45, 2.75) is 6.42 Å². The molecule has 1 N–H and O–H groups in total. The van der Waals surface area contributed by atoms with Crippen LogP contribution in [0.1, 0.15) is 6.42 Å². The SMILES string of the molecule is COC(=O)C(CO)C1CCS(=O)(=O)C1. The van der Waals surface area contributed by atoms with Crippen LogP contribution in [0, 0.1) is 11.8 Å². The second-order valence-corrected chi connectivity index (χ2v) is 5.70. The number of esters is 1. The molecule has 2 unspecified atom stereocenters. The van der Waals surface area contributed by atoms with Gasteiger partial charge in [0.2, 0.25) is 0 Å². The molecule has 1 saturated heterocycles. The summed E-state index contributed by atoms with van der Waals surface area (Å²) in [6, 6.07) is 0. The predicted molar refractivity (Wildman–Crippen MR) is 49.4 cm³/mol. The standard InChI is InChI=1S/C8H14O5S/c1-13-8(10)7(4-9)6-2-3-14(11,12)5-6/h6-7,9H,2-5H2,1H3. The first-order chi connectivity index (χ1) is 6.50. The van der Waals surface area contributed by atoms with E-state index in [1.807, 2.05) is 0 Å². The van der Waals surface area contributed by atoms with Gasteiger partial charge in [-0.1, -0.05) is 0 Å². The molecule has 1 heterocycles. The molecule has 0 amide bonds. The third-order valence-electron chi connectivity index (χ3n) is 2.54. The molecule has 0 aromatic rings. The Morgan fingerprint density at radius 2 is 2.29 bits per heavy atom. The molecular formula is C8H14O5S. The molecule has 1 aliphatic heterocycles. The first-order valence-corrected chi connectivity index (χ1v) is 6.21. The summed E-state index contributed by atoms with van der Waals surface area (Å²) in [5.74, 6) is -1.44. The molecule has 0 aromatic carbocycles. The van der Waals surface area contributed by atoms with Gasteiger partial charge in [-0.15, -0.1) is 0 Å². The van der Waals surface area contributed by atoms with Crippen LogP contribution >= 0.6 is 0 Å². The van der Waals surface area contributed by atoms with Gasteiger partial charge in [0.1, 0.15) is 0 Å². The monoisotopic (exact) mass is 222 g/mol. The highest BCUT2D eigenvalue weighted by Crippen LogP contribution is 2.26. The maximum atomic E-state index is 11.2. The summed E-state index contributed by atoms with van der Waals surface area (Å²) in [5.41, 5.74) is 0. The Morgan fingerprint density at radius 3 is 2.64 bits per heavy atom. The molecule has 0 bridgehead atoms. The second kappa shape index (κ2) is 4.27. The van der Waals surface area contributed by atoms with E-state index in [1.165, 1.54) is 7.11 Å². The lowest BCUT2D eigenvalue weighted by Crippen LogP contribution is -2.29. The number of aliphatic hydroxyl groups excluding tert-OH is 1. The Bertz CT molecular complexity index is 308. The molecule has 1 rings (SSSR count). The third kappa shape index (κ3) is 2.45. The smallest absolute Gasteiger partial charge is 0.311 e. The van der Waals surface area contributed by atoms with Gasteiger partial charge >= 0.3 is 5.97 Å². The number of hydrogen-bond donors (Lipinski definition) is 1. The molecule has 14 heavy (non-hydrogen) atoms. The van der Waals surface area contributed by atoms with Crippen molar-refractivity contribution in [2.24, 2.45) is 11.8 Å². The lowest BCUT2D eigenvalue weighted by molar-refractivity contribution is -0.148. The number of carbonyl (C=O) groups excluding carboxylic acids is 1. The molecule has 82 valence electrons. The normalized spacial score (nSPS) is 27.1. The number of methoxy groups -OCH3 is 1. The fourth-order valence-electron chi connectivity index (χ4n) is 1.71. The molecule has 2 atom stereocenters. The lowest BCUT2D eigenvalue weighted by atomic mass is 9.93. The first kappa shape index (κ1) is 11.5. The van der Waals surface area contributed by atoms with E-state index in [-0.39, 0.29) is 24.0 Å². The Morgan fingerprint density at radius 1 is 1.64 bits per heavy atom. The van der Waals surface area contributed by atoms with Crippen LogP contribution in [0.3, 0.4) is 0 Å². The van der Waals surface area contributed by atoms with Crippen LogP contribution in [-0.2, 0) is 19.4 Å². The summed E-state index contributed by atoms with van der Waals surface area (Å²) < 4.78 is 26.8. The van der Waals surface area contributed by atoms with Crippen LogP contribution in [0.4, 0.5) is 0 Å². The summed E-state index contributed by atoms with van der Waals surface area (Å²) in [5, 5.41) is 8.96. The second-order valence-electron chi connectivity index (χ2n) is 3.48. The van der Waals surface area contributed by atoms with Crippen LogP contribution in [0.5, 0.6) is 0 Å². The van der Waals surface area contributed by atoms with Gasteiger partial charge in [-0.2, -0.15) is 0 Å². The van der Waals surface area contributed by atoms with Crippen LogP contribution in [0.25, 0.3) is 0 Å². The van der Waals surface area contributed by atoms with Gasteiger partial charge in [0, 0.05) is 0 Å². The van der Waals surface area contributed by atoms with E-state index in [1.54, 1.807) is 0 Å². The average molecular weight is 222 g/mol. The Hall–Kier alpha value is -0.620. The molecular weight excluding hydrogens is 208 g/mol. The van der Waals surface area contributed by atoms with Crippen molar-refractivity contribution < 1.29 is 23.1 Å². The zero-order chi connectivity index (χ0) is 10.8. The molecule has 1 fully saturated rings. The average Bonchev–Trinajstić information content (AvgIpc) is 2.47. The summed E-state index contributed by atoms with van der Waals surface area (Å²) >= 11 is 0. The molecule has 1 aliphatic rings. The van der Waals surface area contributed by atoms with Crippen LogP contribution in [0.2, 0.25) is 0 Å². The number of carbonyl (C=O) groups is 1. The zero-order valence-corrected chi connectivity index (χ0v) is 8.79. The summed E-state index contributed by atoms with van der Waals surface area (Å²) in [7, 11) is -1.78. The van der Waals surface area contributed by atoms with Crippen molar-refractivity contribution in [1.82, 2.24) is 0 Å². The predicted octanol–water partition coefficient (Wildman–Crippen LogP) is -0.797. The van der Waals surface area contributed by atoms with E-state index >= 15 is 0 Å². The van der Waals surface area contributed by atoms with Gasteiger partial charge in [-0.25, -0.2) is 8.42 Å². The minimum Gasteiger partial charge on any atom is -0.469 e. The first-order valence-electron chi connectivity index (χ1n) is 4.39. The fourth-order valence-corrected chi connectivity index (χ4v) is 3.59. The highest BCUT2D eigenvalue weighted by molar-refractivity contribution is 7.91. The minimum atomic E-state index is -3.01. The number of aliphatic hydroxyl groups is 1. The number of rotatable bonds is 3. The van der Waals surface area contributed by atoms with Gasteiger partial charge in [0.15, 0.2) is 9.84 Å². The number of sulfone groups is 1. The molecule has 0 radical (unpaired) electrons. The quantitative estimate of drug-likeness (QED) is 0.632. The van der Waals surface area contributed by atoms with E-state index < -0.39 is 21.7 Å². The van der Waals surface area contributed by atoms with Crippen molar-refractivity contribution >= 4 is 15.8 Å². The Balaban J connectivity index is 2.69. The summed E-state index contributed by atoms with van der Waals surface area (Å²) in [6.45, 7) is -0.354. The van der Waals surface area contributed by atoms with Crippen molar-refractivity contribution in [2.75, 3.05) is 25.2 Å². The third-order valence-corrected chi connectivity index (χ3v) is 4.33. The highest BCUT2D eigenvalue weighted by atomic mass is 32.2. The van der Waals surface area contributed by atoms with Crippen molar-refractivity contribution in [1.29, 1.82) is 0 Å². The van der Waals surface area contributed by atoms with E-state index in [0.29, 0.717) is 6.42 Å². The lowest BCUT2D eigenvalue weighted by Gasteiger charge is -2.16. The summed E-state index contributed by atoms with van der Waals surface area (Å²) in [4.78, 5) is 11.2. The van der Waals surface area contributed by atoms with Gasteiger partial charge in [0.05, 0.1) is 31.1 Å².